The number of aromatic nitrogens is 3. The average molecular weight is 321 g/mol. The van der Waals surface area contributed by atoms with Gasteiger partial charge in [-0.2, -0.15) is 0 Å². The van der Waals surface area contributed by atoms with E-state index in [4.69, 9.17) is 4.74 Å². The molecule has 0 radical (unpaired) electrons. The van der Waals surface area contributed by atoms with E-state index in [2.05, 4.69) is 10.3 Å². The summed E-state index contributed by atoms with van der Waals surface area (Å²) >= 11 is 0. The summed E-state index contributed by atoms with van der Waals surface area (Å²) in [6, 6.07) is 7.80. The molecule has 0 bridgehead atoms. The molecule has 1 aromatic carbocycles. The lowest BCUT2D eigenvalue weighted by Crippen LogP contribution is -2.58. The molecule has 1 saturated heterocycles. The molecular weight excluding hydrogens is 302 g/mol. The van der Waals surface area contributed by atoms with Crippen LogP contribution in [0, 0.1) is 6.92 Å². The second kappa shape index (κ2) is 6.34. The second-order valence-electron chi connectivity index (χ2n) is 5.73. The van der Waals surface area contributed by atoms with E-state index in [1.54, 1.807) is 6.20 Å². The molecule has 124 valence electrons. The van der Waals surface area contributed by atoms with Crippen molar-refractivity contribution in [3.8, 4) is 11.3 Å². The van der Waals surface area contributed by atoms with Gasteiger partial charge in [0.25, 0.3) is 0 Å². The van der Waals surface area contributed by atoms with Crippen molar-refractivity contribution >= 4 is 0 Å². The van der Waals surface area contributed by atoms with Gasteiger partial charge in [0.15, 0.2) is 6.29 Å². The van der Waals surface area contributed by atoms with E-state index < -0.39 is 30.7 Å². The fraction of sp³-hybridized carbons (Fsp3) is 0.467. The van der Waals surface area contributed by atoms with E-state index in [1.807, 2.05) is 31.2 Å². The molecule has 0 amide bonds. The lowest BCUT2D eigenvalue weighted by molar-refractivity contribution is -0.284. The van der Waals surface area contributed by atoms with Gasteiger partial charge in [0.2, 0.25) is 0 Å². The number of ether oxygens (including phenoxy) is 1. The Kier molecular flexibility index (Phi) is 4.42. The molecule has 8 nitrogen and oxygen atoms in total. The molecule has 5 atom stereocenters. The van der Waals surface area contributed by atoms with Crippen molar-refractivity contribution in [2.75, 3.05) is 0 Å². The first kappa shape index (κ1) is 16.0. The highest BCUT2D eigenvalue weighted by atomic mass is 16.6. The summed E-state index contributed by atoms with van der Waals surface area (Å²) in [5.74, 6) is 0. The van der Waals surface area contributed by atoms with Gasteiger partial charge in [-0.15, -0.1) is 5.10 Å². The number of aryl methyl sites for hydroxylation is 1. The first-order valence-corrected chi connectivity index (χ1v) is 7.30. The highest BCUT2D eigenvalue weighted by Gasteiger charge is 2.43. The number of hydrogen-bond donors (Lipinski definition) is 4. The maximum atomic E-state index is 9.93. The van der Waals surface area contributed by atoms with Gasteiger partial charge < -0.3 is 25.2 Å². The quantitative estimate of drug-likeness (QED) is 0.575. The molecule has 1 fully saturated rings. The molecule has 0 saturated carbocycles. The number of rotatable bonds is 3. The maximum absolute atomic E-state index is 9.93. The van der Waals surface area contributed by atoms with Crippen molar-refractivity contribution in [1.29, 1.82) is 0 Å². The van der Waals surface area contributed by atoms with Crippen molar-refractivity contribution in [3.05, 3.63) is 36.0 Å². The molecule has 0 aliphatic carbocycles. The topological polar surface area (TPSA) is 121 Å². The molecule has 8 heteroatoms. The number of hydrogen-bond acceptors (Lipinski definition) is 7. The highest BCUT2D eigenvalue weighted by molar-refractivity contribution is 5.57. The summed E-state index contributed by atoms with van der Waals surface area (Å²) in [7, 11) is 0. The molecular formula is C15H19N3O5. The molecule has 1 aliphatic rings. The third-order valence-electron chi connectivity index (χ3n) is 3.94. The van der Waals surface area contributed by atoms with Gasteiger partial charge in [-0.05, 0) is 6.92 Å². The van der Waals surface area contributed by atoms with E-state index in [1.165, 1.54) is 4.68 Å². The van der Waals surface area contributed by atoms with Crippen LogP contribution in [0.1, 0.15) is 5.56 Å². The lowest BCUT2D eigenvalue weighted by atomic mass is 9.99. The Hall–Kier alpha value is -1.84. The van der Waals surface area contributed by atoms with Gasteiger partial charge in [-0.1, -0.05) is 35.0 Å². The van der Waals surface area contributed by atoms with E-state index in [0.717, 1.165) is 11.1 Å². The van der Waals surface area contributed by atoms with Crippen LogP contribution >= 0.6 is 0 Å². The van der Waals surface area contributed by atoms with E-state index in [-0.39, 0.29) is 6.54 Å². The molecule has 1 aromatic heterocycles. The fourth-order valence-electron chi connectivity index (χ4n) is 2.51. The smallest absolute Gasteiger partial charge is 0.184 e. The third kappa shape index (κ3) is 3.26. The largest absolute Gasteiger partial charge is 0.388 e. The zero-order valence-electron chi connectivity index (χ0n) is 12.5. The molecule has 2 heterocycles. The van der Waals surface area contributed by atoms with E-state index >= 15 is 0 Å². The maximum Gasteiger partial charge on any atom is 0.184 e. The van der Waals surface area contributed by atoms with Crippen LogP contribution in [0.3, 0.4) is 0 Å². The predicted octanol–water partition coefficient (Wildman–Crippen LogP) is -0.947. The number of benzene rings is 1. The van der Waals surface area contributed by atoms with Gasteiger partial charge in [-0.3, -0.25) is 0 Å². The van der Waals surface area contributed by atoms with E-state index in [9.17, 15) is 20.4 Å². The zero-order chi connectivity index (χ0) is 16.6. The number of nitrogens with zero attached hydrogens (tertiary/aromatic N) is 3. The molecule has 4 N–H and O–H groups in total. The molecule has 1 aliphatic heterocycles. The monoisotopic (exact) mass is 321 g/mol. The SMILES string of the molecule is Cc1ccc(-c2cn(C[C@H]3OC(O)[C@H](O)[C@@H](O)[C@@H]3O)nn2)cc1. The van der Waals surface area contributed by atoms with Gasteiger partial charge in [0.1, 0.15) is 30.1 Å². The fourth-order valence-corrected chi connectivity index (χ4v) is 2.51. The van der Waals surface area contributed by atoms with Crippen LogP contribution < -0.4 is 0 Å². The third-order valence-corrected chi connectivity index (χ3v) is 3.94. The van der Waals surface area contributed by atoms with Crippen LogP contribution in [0.15, 0.2) is 30.5 Å². The summed E-state index contributed by atoms with van der Waals surface area (Å²) in [6.07, 6.45) is -5.14. The Morgan fingerprint density at radius 1 is 1.04 bits per heavy atom. The Morgan fingerprint density at radius 2 is 1.74 bits per heavy atom. The Morgan fingerprint density at radius 3 is 2.43 bits per heavy atom. The van der Waals surface area contributed by atoms with Gasteiger partial charge in [-0.25, -0.2) is 4.68 Å². The molecule has 3 rings (SSSR count). The Balaban J connectivity index is 1.72. The average Bonchev–Trinajstić information content (AvgIpc) is 3.00. The predicted molar refractivity (Wildman–Crippen MR) is 79.1 cm³/mol. The summed E-state index contributed by atoms with van der Waals surface area (Å²) in [5, 5.41) is 46.6. The first-order chi connectivity index (χ1) is 11.0. The first-order valence-electron chi connectivity index (χ1n) is 7.30. The summed E-state index contributed by atoms with van der Waals surface area (Å²) in [5.41, 5.74) is 2.71. The van der Waals surface area contributed by atoms with Crippen molar-refractivity contribution in [1.82, 2.24) is 15.0 Å². The van der Waals surface area contributed by atoms with Crippen molar-refractivity contribution in [2.24, 2.45) is 0 Å². The van der Waals surface area contributed by atoms with Crippen LogP contribution in [0.5, 0.6) is 0 Å². The minimum absolute atomic E-state index is 0.0842. The normalized spacial score (nSPS) is 31.3. The van der Waals surface area contributed by atoms with Crippen molar-refractivity contribution in [3.63, 3.8) is 0 Å². The Bertz CT molecular complexity index is 659. The molecule has 2 aromatic rings. The van der Waals surface area contributed by atoms with Gasteiger partial charge in [0, 0.05) is 5.56 Å². The van der Waals surface area contributed by atoms with Crippen LogP contribution in [-0.2, 0) is 11.3 Å². The minimum atomic E-state index is -1.56. The van der Waals surface area contributed by atoms with Gasteiger partial charge >= 0.3 is 0 Å². The lowest BCUT2D eigenvalue weighted by Gasteiger charge is -2.38. The standard InChI is InChI=1S/C15H19N3O5/c1-8-2-4-9(5-3-8)10-6-18(17-16-10)7-11-12(19)13(20)14(21)15(22)23-11/h2-6,11-15,19-22H,7H2,1H3/t11-,12-,13+,14-,15?/m1/s1. The summed E-state index contributed by atoms with van der Waals surface area (Å²) in [6.45, 7) is 2.08. The molecule has 0 spiro atoms. The second-order valence-corrected chi connectivity index (χ2v) is 5.73. The minimum Gasteiger partial charge on any atom is -0.388 e. The zero-order valence-corrected chi connectivity index (χ0v) is 12.5. The van der Waals surface area contributed by atoms with Gasteiger partial charge in [0.05, 0.1) is 12.7 Å². The van der Waals surface area contributed by atoms with Crippen LogP contribution in [-0.4, -0.2) is 66.1 Å². The summed E-state index contributed by atoms with van der Waals surface area (Å²) in [4.78, 5) is 0. The van der Waals surface area contributed by atoms with Crippen LogP contribution in [0.4, 0.5) is 0 Å². The summed E-state index contributed by atoms with van der Waals surface area (Å²) < 4.78 is 6.58. The number of aliphatic hydroxyl groups is 4. The molecule has 23 heavy (non-hydrogen) atoms. The van der Waals surface area contributed by atoms with E-state index in [0.29, 0.717) is 5.69 Å². The van der Waals surface area contributed by atoms with Crippen LogP contribution in [0.2, 0.25) is 0 Å². The highest BCUT2D eigenvalue weighted by Crippen LogP contribution is 2.22. The van der Waals surface area contributed by atoms with Crippen molar-refractivity contribution < 1.29 is 25.2 Å². The van der Waals surface area contributed by atoms with Crippen molar-refractivity contribution in [2.45, 2.75) is 44.2 Å². The molecule has 1 unspecified atom stereocenters. The van der Waals surface area contributed by atoms with Crippen LogP contribution in [0.25, 0.3) is 11.3 Å². The Labute approximate surface area is 132 Å². The number of aliphatic hydroxyl groups excluding tert-OH is 4.